The monoisotopic (exact) mass is 401 g/mol. The predicted molar refractivity (Wildman–Crippen MR) is 90.9 cm³/mol. The summed E-state index contributed by atoms with van der Waals surface area (Å²) in [6.45, 7) is -0.295. The van der Waals surface area contributed by atoms with Gasteiger partial charge in [-0.2, -0.15) is 4.57 Å². The molecule has 2 heterocycles. The Morgan fingerprint density at radius 1 is 1.48 bits per heavy atom. The van der Waals surface area contributed by atoms with E-state index in [1.54, 1.807) is 12.3 Å². The van der Waals surface area contributed by atoms with Crippen molar-refractivity contribution in [1.29, 1.82) is 0 Å². The van der Waals surface area contributed by atoms with Crippen LogP contribution in [0.15, 0.2) is 24.5 Å². The molecule has 1 aliphatic heterocycles. The average Bonchev–Trinajstić information content (AvgIpc) is 2.92. The van der Waals surface area contributed by atoms with Crippen LogP contribution in [-0.4, -0.2) is 52.3 Å². The van der Waals surface area contributed by atoms with Crippen LogP contribution in [0.4, 0.5) is 0 Å². The number of nitrogens with zero attached hydrogens (tertiary/aromatic N) is 1. The number of ether oxygens (including phenoxy) is 2. The van der Waals surface area contributed by atoms with Crippen LogP contribution in [0, 0.1) is 12.3 Å². The van der Waals surface area contributed by atoms with E-state index in [0.717, 1.165) is 0 Å². The number of aromatic nitrogens is 1. The second-order valence-electron chi connectivity index (χ2n) is 5.89. The molecule has 1 aliphatic rings. The largest absolute Gasteiger partial charge is 0.469 e. The molecule has 0 bridgehead atoms. The van der Waals surface area contributed by atoms with Crippen molar-refractivity contribution in [2.75, 3.05) is 13.2 Å². The normalized spacial score (nSPS) is 25.3. The number of unbranched alkanes of at least 4 members (excludes halogenated alkanes) is 1. The van der Waals surface area contributed by atoms with E-state index in [0.29, 0.717) is 12.8 Å². The van der Waals surface area contributed by atoms with Gasteiger partial charge in [0.05, 0.1) is 6.61 Å². The first kappa shape index (κ1) is 21.5. The number of carbonyl (C=O) groups excluding carboxylic acids is 1. The average molecular weight is 401 g/mol. The molecule has 5 N–H and O–H groups in total. The lowest BCUT2D eigenvalue weighted by Gasteiger charge is -2.18. The highest BCUT2D eigenvalue weighted by molar-refractivity contribution is 7.46. The molecule has 11 heteroatoms. The van der Waals surface area contributed by atoms with Gasteiger partial charge in [0.25, 0.3) is 12.1 Å². The van der Waals surface area contributed by atoms with Gasteiger partial charge < -0.3 is 30.1 Å². The van der Waals surface area contributed by atoms with Crippen molar-refractivity contribution in [1.82, 2.24) is 0 Å². The Morgan fingerprint density at radius 3 is 2.85 bits per heavy atom. The van der Waals surface area contributed by atoms with Gasteiger partial charge in [0.15, 0.2) is 18.5 Å². The van der Waals surface area contributed by atoms with Crippen molar-refractivity contribution in [3.8, 4) is 12.3 Å². The van der Waals surface area contributed by atoms with E-state index < -0.39 is 44.9 Å². The van der Waals surface area contributed by atoms with Crippen molar-refractivity contribution < 1.29 is 42.8 Å². The predicted octanol–water partition coefficient (Wildman–Crippen LogP) is -0.761. The first-order chi connectivity index (χ1) is 12.7. The maximum atomic E-state index is 11.4. The van der Waals surface area contributed by atoms with Crippen LogP contribution in [0.25, 0.3) is 0 Å². The Bertz CT molecular complexity index is 746. The first-order valence-corrected chi connectivity index (χ1v) is 9.65. The van der Waals surface area contributed by atoms with Crippen molar-refractivity contribution >= 4 is 13.7 Å². The fraction of sp³-hybridized carbons (Fsp3) is 0.500. The van der Waals surface area contributed by atoms with Crippen LogP contribution in [0.5, 0.6) is 0 Å². The molecule has 1 fully saturated rings. The molecule has 0 saturated carbocycles. The summed E-state index contributed by atoms with van der Waals surface area (Å²) in [7, 11) is -4.73. The second-order valence-corrected chi connectivity index (χ2v) is 7.13. The number of carbonyl (C=O) groups is 1. The standard InChI is InChI=1S/C16H21N2O8P/c1-2-3-4-8-24-14-13(19)12(10-25-27(21,22)23)26-16(14)18-7-5-6-11(9-18)15(17)20/h1,5-7,9,12-14,16,19H,3-4,8,10H2,(H3-,17,20,21,22,23)/p+1/t12-,13-,14-,16-/m1/s1. The van der Waals surface area contributed by atoms with E-state index >= 15 is 0 Å². The molecule has 0 unspecified atom stereocenters. The minimum absolute atomic E-state index is 0.219. The maximum absolute atomic E-state index is 11.4. The number of hydrogen-bond donors (Lipinski definition) is 4. The van der Waals surface area contributed by atoms with E-state index in [4.69, 9.17) is 31.4 Å². The van der Waals surface area contributed by atoms with Crippen molar-refractivity contribution in [2.24, 2.45) is 5.73 Å². The van der Waals surface area contributed by atoms with E-state index in [1.807, 2.05) is 0 Å². The van der Waals surface area contributed by atoms with Gasteiger partial charge in [-0.15, -0.1) is 12.3 Å². The van der Waals surface area contributed by atoms with Crippen LogP contribution in [0.1, 0.15) is 29.4 Å². The molecule has 27 heavy (non-hydrogen) atoms. The molecule has 0 aromatic carbocycles. The van der Waals surface area contributed by atoms with Gasteiger partial charge in [0.1, 0.15) is 17.8 Å². The highest BCUT2D eigenvalue weighted by Gasteiger charge is 2.50. The summed E-state index contributed by atoms with van der Waals surface area (Å²) in [5, 5.41) is 10.5. The van der Waals surface area contributed by atoms with Crippen LogP contribution in [0.2, 0.25) is 0 Å². The molecule has 1 aromatic heterocycles. The Kier molecular flexibility index (Phi) is 7.47. The Hall–Kier alpha value is -1.83. The fourth-order valence-corrected chi connectivity index (χ4v) is 2.98. The van der Waals surface area contributed by atoms with Gasteiger partial charge in [-0.3, -0.25) is 9.32 Å². The zero-order chi connectivity index (χ0) is 20.0. The number of hydrogen-bond acceptors (Lipinski definition) is 6. The van der Waals surface area contributed by atoms with Gasteiger partial charge in [-0.05, 0) is 12.5 Å². The molecule has 1 saturated heterocycles. The third kappa shape index (κ3) is 6.09. The molecule has 10 nitrogen and oxygen atoms in total. The number of phosphoric ester groups is 1. The lowest BCUT2D eigenvalue weighted by molar-refractivity contribution is -0.766. The molecule has 0 spiro atoms. The number of amides is 1. The molecule has 148 valence electrons. The molecule has 2 rings (SSSR count). The topological polar surface area (TPSA) is 152 Å². The Labute approximate surface area is 156 Å². The molecule has 1 amide bonds. The molecular formula is C16H22N2O8P+. The number of nitrogens with two attached hydrogens (primary N) is 1. The number of primary amides is 1. The molecule has 1 aromatic rings. The van der Waals surface area contributed by atoms with Crippen LogP contribution in [0.3, 0.4) is 0 Å². The van der Waals surface area contributed by atoms with Gasteiger partial charge in [0.2, 0.25) is 0 Å². The van der Waals surface area contributed by atoms with E-state index in [2.05, 4.69) is 10.4 Å². The third-order valence-electron chi connectivity index (χ3n) is 3.90. The van der Waals surface area contributed by atoms with Gasteiger partial charge in [0, 0.05) is 19.1 Å². The zero-order valence-corrected chi connectivity index (χ0v) is 15.3. The lowest BCUT2D eigenvalue weighted by atomic mass is 10.1. The van der Waals surface area contributed by atoms with Crippen LogP contribution < -0.4 is 10.3 Å². The second kappa shape index (κ2) is 9.39. The number of aliphatic hydroxyl groups excluding tert-OH is 1. The minimum atomic E-state index is -4.73. The van der Waals surface area contributed by atoms with E-state index in [1.165, 1.54) is 16.8 Å². The number of terminal acetylenes is 1. The van der Waals surface area contributed by atoms with Gasteiger partial charge >= 0.3 is 7.82 Å². The highest BCUT2D eigenvalue weighted by atomic mass is 31.2. The first-order valence-electron chi connectivity index (χ1n) is 8.12. The smallest absolute Gasteiger partial charge is 0.387 e. The number of phosphoric acid groups is 1. The van der Waals surface area contributed by atoms with E-state index in [9.17, 15) is 14.5 Å². The zero-order valence-electron chi connectivity index (χ0n) is 14.4. The number of rotatable bonds is 9. The Morgan fingerprint density at radius 2 is 2.22 bits per heavy atom. The summed E-state index contributed by atoms with van der Waals surface area (Å²) < 4.78 is 28.2. The maximum Gasteiger partial charge on any atom is 0.469 e. The number of aliphatic hydroxyl groups is 1. The summed E-state index contributed by atoms with van der Waals surface area (Å²) in [5.41, 5.74) is 5.50. The minimum Gasteiger partial charge on any atom is -0.387 e. The van der Waals surface area contributed by atoms with Crippen LogP contribution >= 0.6 is 7.82 Å². The van der Waals surface area contributed by atoms with Crippen LogP contribution in [-0.2, 0) is 18.6 Å². The summed E-state index contributed by atoms with van der Waals surface area (Å²) in [5.74, 6) is 1.83. The summed E-state index contributed by atoms with van der Waals surface area (Å²) in [6.07, 6.45) is 5.26. The fourth-order valence-electron chi connectivity index (χ4n) is 2.64. The van der Waals surface area contributed by atoms with Gasteiger partial charge in [-0.25, -0.2) is 4.57 Å². The summed E-state index contributed by atoms with van der Waals surface area (Å²) in [6, 6.07) is 3.09. The quantitative estimate of drug-likeness (QED) is 0.182. The van der Waals surface area contributed by atoms with Crippen molar-refractivity contribution in [3.05, 3.63) is 30.1 Å². The summed E-state index contributed by atoms with van der Waals surface area (Å²) >= 11 is 0. The van der Waals surface area contributed by atoms with Gasteiger partial charge in [-0.1, -0.05) is 0 Å². The number of pyridine rings is 1. The van der Waals surface area contributed by atoms with Crippen molar-refractivity contribution in [3.63, 3.8) is 0 Å². The molecule has 4 atom stereocenters. The highest BCUT2D eigenvalue weighted by Crippen LogP contribution is 2.38. The molecule has 0 aliphatic carbocycles. The SMILES string of the molecule is C#CCCCO[C@@H]1[C@H](O)[C@@H](COP(=O)(O)O)O[C@H]1[n+]1cccc(C(N)=O)c1. The third-order valence-corrected chi connectivity index (χ3v) is 4.38. The Balaban J connectivity index is 2.19. The summed E-state index contributed by atoms with van der Waals surface area (Å²) in [4.78, 5) is 29.1. The van der Waals surface area contributed by atoms with Crippen molar-refractivity contribution in [2.45, 2.75) is 37.4 Å². The molecular weight excluding hydrogens is 379 g/mol. The van der Waals surface area contributed by atoms with E-state index in [-0.39, 0.29) is 12.2 Å². The lowest BCUT2D eigenvalue weighted by Crippen LogP contribution is -2.47. The molecule has 0 radical (unpaired) electrons.